The first-order chi connectivity index (χ1) is 7.88. The second kappa shape index (κ2) is 3.85. The third kappa shape index (κ3) is 1.49. The van der Waals surface area contributed by atoms with Crippen molar-refractivity contribution < 1.29 is 0 Å². The van der Waals surface area contributed by atoms with E-state index in [0.717, 1.165) is 0 Å². The zero-order chi connectivity index (χ0) is 11.0. The summed E-state index contributed by atoms with van der Waals surface area (Å²) in [6, 6.07) is 8.78. The molecule has 3 rings (SSSR count). The van der Waals surface area contributed by atoms with E-state index in [9.17, 15) is 0 Å². The van der Waals surface area contributed by atoms with Crippen LogP contribution < -0.4 is 0 Å². The molecule has 0 amide bonds. The standard InChI is InChI=1S/C15H13P/c1-2-4-12-6-8-13(9-7-12)14-11-16-10-3-5-15(14)16/h2,4-9,11,15-16H,1H3/b4-2-. The van der Waals surface area contributed by atoms with Gasteiger partial charge in [-0.3, -0.25) is 0 Å². The molecule has 0 saturated heterocycles. The van der Waals surface area contributed by atoms with Crippen molar-refractivity contribution in [1.82, 2.24) is 0 Å². The maximum atomic E-state index is 3.30. The van der Waals surface area contributed by atoms with E-state index < -0.39 is 7.55 Å². The molecule has 1 aromatic carbocycles. The second-order valence-electron chi connectivity index (χ2n) is 4.09. The minimum absolute atomic E-state index is 0.462. The minimum Gasteiger partial charge on any atom is -0.0871 e. The molecule has 16 heavy (non-hydrogen) atoms. The SMILES string of the molecule is C/C=C\c1ccc(C2=C[PH]3=C=C=CC23)cc1. The predicted molar refractivity (Wildman–Crippen MR) is 74.3 cm³/mol. The van der Waals surface area contributed by atoms with E-state index in [2.05, 4.69) is 59.5 Å². The van der Waals surface area contributed by atoms with E-state index in [-0.39, 0.29) is 0 Å². The van der Waals surface area contributed by atoms with Gasteiger partial charge in [0.25, 0.3) is 0 Å². The van der Waals surface area contributed by atoms with Crippen LogP contribution in [0.4, 0.5) is 0 Å². The molecule has 78 valence electrons. The lowest BCUT2D eigenvalue weighted by Crippen LogP contribution is -2.07. The summed E-state index contributed by atoms with van der Waals surface area (Å²) < 4.78 is 0. The highest BCUT2D eigenvalue weighted by Crippen LogP contribution is 2.52. The normalized spacial score (nSPS) is 25.2. The first-order valence-electron chi connectivity index (χ1n) is 5.55. The fourth-order valence-corrected chi connectivity index (χ4v) is 4.07. The highest BCUT2D eigenvalue weighted by atomic mass is 31.1. The Morgan fingerprint density at radius 2 is 2.06 bits per heavy atom. The predicted octanol–water partition coefficient (Wildman–Crippen LogP) is 3.78. The van der Waals surface area contributed by atoms with Gasteiger partial charge in [-0.25, -0.2) is 0 Å². The van der Waals surface area contributed by atoms with Gasteiger partial charge in [0.2, 0.25) is 0 Å². The number of benzene rings is 1. The molecule has 1 aromatic rings. The van der Waals surface area contributed by atoms with E-state index in [0.29, 0.717) is 5.66 Å². The maximum Gasteiger partial charge on any atom is 0.0386 e. The van der Waals surface area contributed by atoms with Crippen LogP contribution in [0.2, 0.25) is 0 Å². The molecule has 0 N–H and O–H groups in total. The molecule has 2 aliphatic rings. The molecule has 0 aliphatic carbocycles. The van der Waals surface area contributed by atoms with Gasteiger partial charge in [-0.15, -0.1) is 0 Å². The Labute approximate surface area is 96.7 Å². The van der Waals surface area contributed by atoms with Crippen LogP contribution in [-0.4, -0.2) is 11.1 Å². The summed E-state index contributed by atoms with van der Waals surface area (Å²) >= 11 is 0. The molecule has 0 aromatic heterocycles. The van der Waals surface area contributed by atoms with Crippen molar-refractivity contribution in [3.63, 3.8) is 0 Å². The summed E-state index contributed by atoms with van der Waals surface area (Å²) in [6.07, 6.45) is 6.36. The molecule has 2 aliphatic heterocycles. The van der Waals surface area contributed by atoms with Gasteiger partial charge >= 0.3 is 0 Å². The van der Waals surface area contributed by atoms with Gasteiger partial charge in [-0.2, -0.15) is 0 Å². The maximum absolute atomic E-state index is 3.30. The van der Waals surface area contributed by atoms with Gasteiger partial charge in [0.15, 0.2) is 0 Å². The molecule has 0 fully saturated rings. The van der Waals surface area contributed by atoms with Crippen molar-refractivity contribution in [3.8, 4) is 0 Å². The molecule has 2 unspecified atom stereocenters. The molecule has 0 saturated carbocycles. The first-order valence-corrected chi connectivity index (χ1v) is 7.20. The first kappa shape index (κ1) is 9.76. The molecule has 0 radical (unpaired) electrons. The van der Waals surface area contributed by atoms with Crippen LogP contribution in [0.25, 0.3) is 11.6 Å². The lowest BCUT2D eigenvalue weighted by molar-refractivity contribution is 1.38. The third-order valence-corrected chi connectivity index (χ3v) is 5.25. The average molecular weight is 224 g/mol. The van der Waals surface area contributed by atoms with Gasteiger partial charge in [0.05, 0.1) is 0 Å². The van der Waals surface area contributed by atoms with Crippen LogP contribution in [0.1, 0.15) is 18.1 Å². The van der Waals surface area contributed by atoms with Crippen LogP contribution >= 0.6 is 7.55 Å². The van der Waals surface area contributed by atoms with Crippen molar-refractivity contribution in [1.29, 1.82) is 0 Å². The fraction of sp³-hybridized carbons (Fsp3) is 0.133. The molecule has 1 heteroatoms. The summed E-state index contributed by atoms with van der Waals surface area (Å²) in [5, 5.41) is 0. The monoisotopic (exact) mass is 224 g/mol. The van der Waals surface area contributed by atoms with Gasteiger partial charge in [-0.05, 0) is 43.1 Å². The number of fused-ring (bicyclic) bond motifs is 1. The molecule has 2 atom stereocenters. The van der Waals surface area contributed by atoms with E-state index in [1.54, 1.807) is 0 Å². The molecule has 0 nitrogen and oxygen atoms in total. The average Bonchev–Trinajstić information content (AvgIpc) is 2.63. The van der Waals surface area contributed by atoms with Gasteiger partial charge in [0.1, 0.15) is 0 Å². The zero-order valence-electron chi connectivity index (χ0n) is 9.20. The van der Waals surface area contributed by atoms with E-state index in [1.807, 2.05) is 6.92 Å². The largest absolute Gasteiger partial charge is 0.0871 e. The van der Waals surface area contributed by atoms with Crippen LogP contribution in [0.5, 0.6) is 0 Å². The zero-order valence-corrected chi connectivity index (χ0v) is 10.2. The van der Waals surface area contributed by atoms with Crippen molar-refractivity contribution >= 4 is 24.6 Å². The summed E-state index contributed by atoms with van der Waals surface area (Å²) in [5.41, 5.74) is 11.1. The number of allylic oxidation sites excluding steroid dienone is 3. The highest BCUT2D eigenvalue weighted by molar-refractivity contribution is 7.64. The van der Waals surface area contributed by atoms with Crippen LogP contribution in [0, 0.1) is 0 Å². The Morgan fingerprint density at radius 3 is 2.75 bits per heavy atom. The Hall–Kier alpha value is -1.44. The Bertz CT molecular complexity index is 587. The lowest BCUT2D eigenvalue weighted by atomic mass is 10.0. The topological polar surface area (TPSA) is 0 Å². The smallest absolute Gasteiger partial charge is 0.0386 e. The quantitative estimate of drug-likeness (QED) is 0.529. The molecule has 2 heterocycles. The van der Waals surface area contributed by atoms with E-state index in [1.165, 1.54) is 16.7 Å². The number of rotatable bonds is 2. The Kier molecular flexibility index (Phi) is 2.35. The number of hydrogen-bond donors (Lipinski definition) is 0. The van der Waals surface area contributed by atoms with Crippen molar-refractivity contribution in [2.45, 2.75) is 12.6 Å². The van der Waals surface area contributed by atoms with Crippen molar-refractivity contribution in [2.75, 3.05) is 0 Å². The van der Waals surface area contributed by atoms with Crippen LogP contribution in [0.3, 0.4) is 0 Å². The number of hydrogen-bond acceptors (Lipinski definition) is 0. The van der Waals surface area contributed by atoms with Crippen molar-refractivity contribution in [3.05, 3.63) is 59.1 Å². The molecule has 0 bridgehead atoms. The highest BCUT2D eigenvalue weighted by Gasteiger charge is 2.26. The summed E-state index contributed by atoms with van der Waals surface area (Å²) in [6.45, 7) is 2.04. The summed E-state index contributed by atoms with van der Waals surface area (Å²) in [5.74, 6) is 2.39. The van der Waals surface area contributed by atoms with Gasteiger partial charge in [0, 0.05) is 5.66 Å². The van der Waals surface area contributed by atoms with Crippen LogP contribution in [0.15, 0.2) is 48.0 Å². The van der Waals surface area contributed by atoms with Gasteiger partial charge < -0.3 is 0 Å². The Balaban J connectivity index is 1.90. The molecule has 0 spiro atoms. The summed E-state index contributed by atoms with van der Waals surface area (Å²) in [4.78, 5) is 0. The Morgan fingerprint density at radius 1 is 1.25 bits per heavy atom. The third-order valence-electron chi connectivity index (χ3n) is 3.05. The lowest BCUT2D eigenvalue weighted by Gasteiger charge is -2.25. The minimum atomic E-state index is -0.462. The second-order valence-corrected chi connectivity index (χ2v) is 6.16. The van der Waals surface area contributed by atoms with E-state index >= 15 is 0 Å². The summed E-state index contributed by atoms with van der Waals surface area (Å²) in [7, 11) is -0.462. The molecular weight excluding hydrogens is 211 g/mol. The molecular formula is C15H13P. The van der Waals surface area contributed by atoms with Crippen molar-refractivity contribution in [2.24, 2.45) is 0 Å². The van der Waals surface area contributed by atoms with E-state index in [4.69, 9.17) is 0 Å². The van der Waals surface area contributed by atoms with Gasteiger partial charge in [-0.1, -0.05) is 47.6 Å². The van der Waals surface area contributed by atoms with Crippen LogP contribution in [-0.2, 0) is 0 Å². The fourth-order valence-electron chi connectivity index (χ4n) is 2.16.